The van der Waals surface area contributed by atoms with Crippen molar-refractivity contribution < 1.29 is 21.6 Å². The predicted octanol–water partition coefficient (Wildman–Crippen LogP) is 2.06. The first-order chi connectivity index (χ1) is 13.7. The van der Waals surface area contributed by atoms with Gasteiger partial charge in [0, 0.05) is 23.8 Å². The largest absolute Gasteiger partial charge is 0.379 e. The van der Waals surface area contributed by atoms with Crippen molar-refractivity contribution in [2.45, 2.75) is 9.79 Å². The molecule has 0 amide bonds. The lowest BCUT2D eigenvalue weighted by molar-refractivity contribution is 0.0730. The number of benzene rings is 2. The predicted molar refractivity (Wildman–Crippen MR) is 105 cm³/mol. The average Bonchev–Trinajstić information content (AvgIpc) is 2.74. The van der Waals surface area contributed by atoms with Crippen LogP contribution in [-0.4, -0.2) is 47.4 Å². The van der Waals surface area contributed by atoms with E-state index in [-0.39, 0.29) is 20.9 Å². The lowest BCUT2D eigenvalue weighted by Crippen LogP contribution is -2.40. The zero-order valence-electron chi connectivity index (χ0n) is 15.0. The maximum Gasteiger partial charge on any atom is 0.261 e. The molecule has 0 bridgehead atoms. The summed E-state index contributed by atoms with van der Waals surface area (Å²) in [7, 11) is -2.24. The van der Waals surface area contributed by atoms with Crippen molar-refractivity contribution in [2.24, 2.45) is 0 Å². The number of sulfonamides is 1. The molecule has 1 saturated heterocycles. The topological polar surface area (TPSA) is 128 Å². The first-order valence-electron chi connectivity index (χ1n) is 8.22. The lowest BCUT2D eigenvalue weighted by atomic mass is 10.2. The molecule has 0 atom stereocenters. The van der Waals surface area contributed by atoms with E-state index in [0.717, 1.165) is 0 Å². The second-order valence-corrected chi connectivity index (χ2v) is 10.2. The molecule has 0 spiro atoms. The van der Waals surface area contributed by atoms with Gasteiger partial charge in [-0.3, -0.25) is 0 Å². The molecule has 8 nitrogen and oxygen atoms in total. The van der Waals surface area contributed by atoms with E-state index in [2.05, 4.69) is 0 Å². The number of nitrogens with zero attached hydrogens (tertiary/aromatic N) is 3. The van der Waals surface area contributed by atoms with Crippen LogP contribution in [-0.2, 0) is 23.8 Å². The molecule has 0 aromatic heterocycles. The van der Waals surface area contributed by atoms with Gasteiger partial charge in [-0.2, -0.15) is 14.8 Å². The molecule has 1 fully saturated rings. The number of nitriles is 2. The molecule has 0 aliphatic carbocycles. The summed E-state index contributed by atoms with van der Waals surface area (Å²) in [6, 6.07) is 15.5. The Morgan fingerprint density at radius 2 is 1.59 bits per heavy atom. The summed E-state index contributed by atoms with van der Waals surface area (Å²) < 4.78 is 52.6. The van der Waals surface area contributed by atoms with Gasteiger partial charge in [0.1, 0.15) is 6.07 Å². The molecule has 2 aromatic rings. The van der Waals surface area contributed by atoms with E-state index in [1.54, 1.807) is 12.1 Å². The van der Waals surface area contributed by atoms with Crippen LogP contribution in [0.5, 0.6) is 0 Å². The van der Waals surface area contributed by atoms with E-state index >= 15 is 0 Å². The Balaban J connectivity index is 0.000000221. The molecule has 3 rings (SSSR count). The van der Waals surface area contributed by atoms with Crippen LogP contribution in [0, 0.1) is 22.7 Å². The van der Waals surface area contributed by atoms with Crippen LogP contribution in [0.4, 0.5) is 0 Å². The fourth-order valence-electron chi connectivity index (χ4n) is 2.43. The Morgan fingerprint density at radius 3 is 2.17 bits per heavy atom. The lowest BCUT2D eigenvalue weighted by Gasteiger charge is -2.26. The smallest absolute Gasteiger partial charge is 0.261 e. The maximum absolute atomic E-state index is 12.3. The van der Waals surface area contributed by atoms with Crippen molar-refractivity contribution in [1.82, 2.24) is 4.31 Å². The number of morpholine rings is 1. The van der Waals surface area contributed by atoms with E-state index in [9.17, 15) is 16.8 Å². The van der Waals surface area contributed by atoms with Crippen LogP contribution in [0.2, 0.25) is 0 Å². The SMILES string of the molecule is N#Cc1cccc(S(=O)(=O)Cl)c1.N#Cc1ccccc1S(=O)(=O)N1CCOCC1. The van der Waals surface area contributed by atoms with Gasteiger partial charge in [-0.05, 0) is 30.3 Å². The third-order valence-corrected chi connectivity index (χ3v) is 7.15. The molecule has 0 N–H and O–H groups in total. The van der Waals surface area contributed by atoms with Crippen LogP contribution in [0.25, 0.3) is 0 Å². The second kappa shape index (κ2) is 9.83. The molecule has 1 aliphatic rings. The summed E-state index contributed by atoms with van der Waals surface area (Å²) >= 11 is 0. The molecule has 0 radical (unpaired) electrons. The maximum atomic E-state index is 12.3. The summed E-state index contributed by atoms with van der Waals surface area (Å²) in [6.07, 6.45) is 0. The monoisotopic (exact) mass is 453 g/mol. The van der Waals surface area contributed by atoms with Crippen molar-refractivity contribution >= 4 is 29.8 Å². The van der Waals surface area contributed by atoms with Crippen LogP contribution < -0.4 is 0 Å². The molecule has 0 saturated carbocycles. The highest BCUT2D eigenvalue weighted by atomic mass is 35.7. The molecule has 0 unspecified atom stereocenters. The quantitative estimate of drug-likeness (QED) is 0.650. The van der Waals surface area contributed by atoms with Crippen LogP contribution in [0.3, 0.4) is 0 Å². The Morgan fingerprint density at radius 1 is 0.931 bits per heavy atom. The van der Waals surface area contributed by atoms with Crippen molar-refractivity contribution in [2.75, 3.05) is 26.3 Å². The number of ether oxygens (including phenoxy) is 1. The number of hydrogen-bond acceptors (Lipinski definition) is 7. The summed E-state index contributed by atoms with van der Waals surface area (Å²) in [6.45, 7) is 1.46. The van der Waals surface area contributed by atoms with Crippen LogP contribution in [0.1, 0.15) is 11.1 Å². The molecular formula is C18H16ClN3O5S2. The van der Waals surface area contributed by atoms with Crippen LogP contribution in [0.15, 0.2) is 58.3 Å². The van der Waals surface area contributed by atoms with Gasteiger partial charge < -0.3 is 4.74 Å². The van der Waals surface area contributed by atoms with Gasteiger partial charge in [0.2, 0.25) is 10.0 Å². The minimum absolute atomic E-state index is 0.0526. The minimum atomic E-state index is -3.71. The van der Waals surface area contributed by atoms with Crippen molar-refractivity contribution in [3.63, 3.8) is 0 Å². The summed E-state index contributed by atoms with van der Waals surface area (Å²) in [5.74, 6) is 0. The van der Waals surface area contributed by atoms with Gasteiger partial charge in [-0.25, -0.2) is 16.8 Å². The Labute approximate surface area is 174 Å². The summed E-state index contributed by atoms with van der Waals surface area (Å²) in [4.78, 5) is 0.0209. The molecule has 152 valence electrons. The van der Waals surface area contributed by atoms with E-state index in [0.29, 0.717) is 26.3 Å². The molecule has 1 heterocycles. The Hall–Kier alpha value is -2.47. The Kier molecular flexibility index (Phi) is 7.73. The van der Waals surface area contributed by atoms with Crippen molar-refractivity contribution in [3.05, 3.63) is 59.7 Å². The average molecular weight is 454 g/mol. The normalized spacial score (nSPS) is 14.7. The van der Waals surface area contributed by atoms with Crippen molar-refractivity contribution in [3.8, 4) is 12.1 Å². The third-order valence-electron chi connectivity index (χ3n) is 3.84. The van der Waals surface area contributed by atoms with Gasteiger partial charge in [0.25, 0.3) is 9.05 Å². The third kappa shape index (κ3) is 6.00. The van der Waals surface area contributed by atoms with E-state index < -0.39 is 19.1 Å². The second-order valence-electron chi connectivity index (χ2n) is 5.70. The molecule has 2 aromatic carbocycles. The fraction of sp³-hybridized carbons (Fsp3) is 0.222. The molecule has 11 heteroatoms. The van der Waals surface area contributed by atoms with E-state index in [4.69, 9.17) is 25.9 Å². The van der Waals surface area contributed by atoms with Gasteiger partial charge in [0.15, 0.2) is 0 Å². The highest BCUT2D eigenvalue weighted by molar-refractivity contribution is 8.13. The highest BCUT2D eigenvalue weighted by Crippen LogP contribution is 2.20. The fourth-order valence-corrected chi connectivity index (χ4v) is 4.77. The summed E-state index contributed by atoms with van der Waals surface area (Å²) in [5.41, 5.74) is 0.454. The number of halogens is 1. The van der Waals surface area contributed by atoms with Gasteiger partial charge in [-0.1, -0.05) is 18.2 Å². The van der Waals surface area contributed by atoms with Gasteiger partial charge >= 0.3 is 0 Å². The van der Waals surface area contributed by atoms with Crippen LogP contribution >= 0.6 is 10.7 Å². The molecule has 1 aliphatic heterocycles. The summed E-state index contributed by atoms with van der Waals surface area (Å²) in [5, 5.41) is 17.4. The van der Waals surface area contributed by atoms with E-state index in [1.165, 1.54) is 40.7 Å². The zero-order valence-corrected chi connectivity index (χ0v) is 17.4. The molecule has 29 heavy (non-hydrogen) atoms. The van der Waals surface area contributed by atoms with Gasteiger partial charge in [-0.15, -0.1) is 0 Å². The standard InChI is InChI=1S/C11H12N2O3S.C7H4ClNO2S/c12-9-10-3-1-2-4-11(10)17(14,15)13-5-7-16-8-6-13;8-12(10,11)7-3-1-2-6(4-7)5-9/h1-4H,5-8H2;1-4H. The molecular weight excluding hydrogens is 438 g/mol. The van der Waals surface area contributed by atoms with Crippen molar-refractivity contribution in [1.29, 1.82) is 10.5 Å². The zero-order chi connectivity index (χ0) is 21.5. The highest BCUT2D eigenvalue weighted by Gasteiger charge is 2.28. The first kappa shape index (κ1) is 22.8. The first-order valence-corrected chi connectivity index (χ1v) is 12.0. The van der Waals surface area contributed by atoms with Gasteiger partial charge in [0.05, 0.1) is 40.2 Å². The van der Waals surface area contributed by atoms with E-state index in [1.807, 2.05) is 12.1 Å². The number of hydrogen-bond donors (Lipinski definition) is 0. The Bertz CT molecular complexity index is 1160. The minimum Gasteiger partial charge on any atom is -0.379 e. The number of rotatable bonds is 3.